The minimum absolute atomic E-state index is 0.370. The van der Waals surface area contributed by atoms with E-state index in [9.17, 15) is 9.59 Å². The Labute approximate surface area is 102 Å². The van der Waals surface area contributed by atoms with Crippen molar-refractivity contribution in [3.8, 4) is 0 Å². The number of carboxylic acids is 1. The van der Waals surface area contributed by atoms with Crippen LogP contribution in [0, 0.1) is 0 Å². The van der Waals surface area contributed by atoms with Gasteiger partial charge in [0.1, 0.15) is 11.6 Å². The molecule has 6 nitrogen and oxygen atoms in total. The third-order valence-electron chi connectivity index (χ3n) is 1.91. The third-order valence-corrected chi connectivity index (χ3v) is 1.91. The van der Waals surface area contributed by atoms with Crippen LogP contribution in [0.4, 0.5) is 4.79 Å². The molecular formula is C11H22N2O4. The molecule has 100 valence electrons. The lowest BCUT2D eigenvalue weighted by atomic mass is 10.1. The zero-order chi connectivity index (χ0) is 13.5. The molecule has 3 N–H and O–H groups in total. The van der Waals surface area contributed by atoms with Crippen LogP contribution in [0.1, 0.15) is 33.6 Å². The van der Waals surface area contributed by atoms with Gasteiger partial charge in [0.25, 0.3) is 0 Å². The first kappa shape index (κ1) is 15.7. The quantitative estimate of drug-likeness (QED) is 0.608. The number of carbonyl (C=O) groups excluding carboxylic acids is 1. The summed E-state index contributed by atoms with van der Waals surface area (Å²) < 4.78 is 5.00. The zero-order valence-corrected chi connectivity index (χ0v) is 10.9. The van der Waals surface area contributed by atoms with Crippen LogP contribution in [0.3, 0.4) is 0 Å². The molecule has 0 aromatic carbocycles. The largest absolute Gasteiger partial charge is 0.480 e. The predicted molar refractivity (Wildman–Crippen MR) is 64.0 cm³/mol. The Bertz CT molecular complexity index is 261. The minimum atomic E-state index is -1.05. The number of aliphatic carboxylic acids is 1. The summed E-state index contributed by atoms with van der Waals surface area (Å²) >= 11 is 0. The Hall–Kier alpha value is -1.30. The highest BCUT2D eigenvalue weighted by molar-refractivity contribution is 5.79. The monoisotopic (exact) mass is 246 g/mol. The van der Waals surface area contributed by atoms with E-state index in [4.69, 9.17) is 9.84 Å². The molecule has 0 aliphatic heterocycles. The summed E-state index contributed by atoms with van der Waals surface area (Å²) in [5, 5.41) is 14.2. The Morgan fingerprint density at radius 2 is 1.94 bits per heavy atom. The van der Waals surface area contributed by atoms with Crippen molar-refractivity contribution < 1.29 is 19.4 Å². The topological polar surface area (TPSA) is 87.7 Å². The van der Waals surface area contributed by atoms with E-state index in [0.29, 0.717) is 19.4 Å². The molecule has 6 heteroatoms. The fraction of sp³-hybridized carbons (Fsp3) is 0.818. The molecule has 0 aliphatic carbocycles. The average molecular weight is 246 g/mol. The fourth-order valence-electron chi connectivity index (χ4n) is 1.19. The van der Waals surface area contributed by atoms with Gasteiger partial charge >= 0.3 is 12.1 Å². The van der Waals surface area contributed by atoms with Gasteiger partial charge in [-0.15, -0.1) is 0 Å². The third kappa shape index (κ3) is 8.50. The number of carbonyl (C=O) groups is 2. The Balaban J connectivity index is 4.16. The molecule has 17 heavy (non-hydrogen) atoms. The van der Waals surface area contributed by atoms with E-state index in [1.54, 1.807) is 27.8 Å². The van der Waals surface area contributed by atoms with E-state index in [0.717, 1.165) is 0 Å². The van der Waals surface area contributed by atoms with Crippen LogP contribution in [0.5, 0.6) is 0 Å². The smallest absolute Gasteiger partial charge is 0.408 e. The van der Waals surface area contributed by atoms with Crippen LogP contribution in [-0.2, 0) is 9.53 Å². The van der Waals surface area contributed by atoms with Crippen molar-refractivity contribution in [3.05, 3.63) is 0 Å². The molecular weight excluding hydrogens is 224 g/mol. The normalized spacial score (nSPS) is 12.9. The van der Waals surface area contributed by atoms with Gasteiger partial charge in [-0.2, -0.15) is 0 Å². The highest BCUT2D eigenvalue weighted by Gasteiger charge is 2.23. The van der Waals surface area contributed by atoms with Gasteiger partial charge < -0.3 is 20.5 Å². The number of nitrogens with one attached hydrogen (secondary N) is 2. The molecule has 0 aliphatic rings. The van der Waals surface area contributed by atoms with Crippen molar-refractivity contribution >= 4 is 12.1 Å². The van der Waals surface area contributed by atoms with Gasteiger partial charge in [0.2, 0.25) is 0 Å². The van der Waals surface area contributed by atoms with Gasteiger partial charge in [-0.05, 0) is 47.2 Å². The molecule has 1 unspecified atom stereocenters. The second kappa shape index (κ2) is 7.11. The number of hydrogen-bond acceptors (Lipinski definition) is 4. The molecule has 0 heterocycles. The molecule has 0 spiro atoms. The van der Waals surface area contributed by atoms with Gasteiger partial charge in [-0.1, -0.05) is 0 Å². The van der Waals surface area contributed by atoms with Crippen molar-refractivity contribution in [2.45, 2.75) is 45.3 Å². The van der Waals surface area contributed by atoms with Crippen LogP contribution >= 0.6 is 0 Å². The first-order chi connectivity index (χ1) is 7.76. The molecule has 0 aromatic rings. The van der Waals surface area contributed by atoms with Crippen LogP contribution in [0.15, 0.2) is 0 Å². The van der Waals surface area contributed by atoms with Gasteiger partial charge in [0, 0.05) is 0 Å². The molecule has 0 saturated heterocycles. The molecule has 0 rings (SSSR count). The van der Waals surface area contributed by atoms with E-state index in [1.807, 2.05) is 0 Å². The standard InChI is InChI=1S/C11H22N2O4/c1-11(2,3)17-10(16)13-8(9(14)15)6-5-7-12-4/h8,12H,5-7H2,1-4H3,(H,13,16)(H,14,15). The highest BCUT2D eigenvalue weighted by atomic mass is 16.6. The average Bonchev–Trinajstić information content (AvgIpc) is 2.13. The first-order valence-corrected chi connectivity index (χ1v) is 5.63. The van der Waals surface area contributed by atoms with Gasteiger partial charge in [0.15, 0.2) is 0 Å². The molecule has 1 atom stereocenters. The fourth-order valence-corrected chi connectivity index (χ4v) is 1.19. The predicted octanol–water partition coefficient (Wildman–Crippen LogP) is 0.964. The van der Waals surface area contributed by atoms with Crippen molar-refractivity contribution in [3.63, 3.8) is 0 Å². The van der Waals surface area contributed by atoms with E-state index in [2.05, 4.69) is 10.6 Å². The minimum Gasteiger partial charge on any atom is -0.480 e. The lowest BCUT2D eigenvalue weighted by Gasteiger charge is -2.21. The maximum absolute atomic E-state index is 11.4. The molecule has 0 bridgehead atoms. The molecule has 0 aromatic heterocycles. The summed E-state index contributed by atoms with van der Waals surface area (Å²) in [6.07, 6.45) is 0.341. The van der Waals surface area contributed by atoms with Crippen molar-refractivity contribution in [2.75, 3.05) is 13.6 Å². The number of ether oxygens (including phenoxy) is 1. The van der Waals surface area contributed by atoms with Crippen LogP contribution in [0.2, 0.25) is 0 Å². The lowest BCUT2D eigenvalue weighted by Crippen LogP contribution is -2.43. The van der Waals surface area contributed by atoms with E-state index in [-0.39, 0.29) is 0 Å². The van der Waals surface area contributed by atoms with E-state index >= 15 is 0 Å². The van der Waals surface area contributed by atoms with Crippen LogP contribution in [-0.4, -0.2) is 42.4 Å². The van der Waals surface area contributed by atoms with Gasteiger partial charge in [-0.25, -0.2) is 9.59 Å². The summed E-state index contributed by atoms with van der Waals surface area (Å²) in [7, 11) is 1.79. The Kier molecular flexibility index (Phi) is 6.57. The maximum atomic E-state index is 11.4. The summed E-state index contributed by atoms with van der Waals surface area (Å²) in [4.78, 5) is 22.3. The summed E-state index contributed by atoms with van der Waals surface area (Å²) in [5.41, 5.74) is -0.627. The zero-order valence-electron chi connectivity index (χ0n) is 10.9. The van der Waals surface area contributed by atoms with E-state index < -0.39 is 23.7 Å². The van der Waals surface area contributed by atoms with Crippen LogP contribution < -0.4 is 10.6 Å². The number of carboxylic acid groups (broad SMARTS) is 1. The Morgan fingerprint density at radius 3 is 2.35 bits per heavy atom. The summed E-state index contributed by atoms with van der Waals surface area (Å²) in [6.45, 7) is 5.88. The van der Waals surface area contributed by atoms with Crippen molar-refractivity contribution in [1.82, 2.24) is 10.6 Å². The Morgan fingerprint density at radius 1 is 1.35 bits per heavy atom. The lowest BCUT2D eigenvalue weighted by molar-refractivity contribution is -0.139. The van der Waals surface area contributed by atoms with Crippen molar-refractivity contribution in [2.24, 2.45) is 0 Å². The number of hydrogen-bond donors (Lipinski definition) is 3. The second-order valence-electron chi connectivity index (χ2n) is 4.78. The summed E-state index contributed by atoms with van der Waals surface area (Å²) in [6, 6.07) is -0.904. The summed E-state index contributed by atoms with van der Waals surface area (Å²) in [5.74, 6) is -1.05. The van der Waals surface area contributed by atoms with Gasteiger partial charge in [0.05, 0.1) is 0 Å². The van der Waals surface area contributed by atoms with Crippen molar-refractivity contribution in [1.29, 1.82) is 0 Å². The second-order valence-corrected chi connectivity index (χ2v) is 4.78. The number of alkyl carbamates (subject to hydrolysis) is 1. The first-order valence-electron chi connectivity index (χ1n) is 5.63. The number of rotatable bonds is 6. The van der Waals surface area contributed by atoms with Crippen LogP contribution in [0.25, 0.3) is 0 Å². The highest BCUT2D eigenvalue weighted by Crippen LogP contribution is 2.07. The van der Waals surface area contributed by atoms with Gasteiger partial charge in [-0.3, -0.25) is 0 Å². The molecule has 1 amide bonds. The molecule has 0 radical (unpaired) electrons. The SMILES string of the molecule is CNCCCC(NC(=O)OC(C)(C)C)C(=O)O. The maximum Gasteiger partial charge on any atom is 0.408 e. The van der Waals surface area contributed by atoms with E-state index in [1.165, 1.54) is 0 Å². The number of amides is 1. The molecule has 0 fully saturated rings. The molecule has 0 saturated carbocycles.